The van der Waals surface area contributed by atoms with Gasteiger partial charge < -0.3 is 5.32 Å². The topological polar surface area (TPSA) is 92.0 Å². The number of carbonyl (C=O) groups is 2. The van der Waals surface area contributed by atoms with Crippen molar-refractivity contribution in [1.29, 1.82) is 0 Å². The molecule has 0 spiro atoms. The molecule has 0 bridgehead atoms. The lowest BCUT2D eigenvalue weighted by atomic mass is 10.1. The first kappa shape index (κ1) is 19.6. The molecule has 0 saturated heterocycles. The van der Waals surface area contributed by atoms with Crippen molar-refractivity contribution < 1.29 is 9.59 Å². The van der Waals surface area contributed by atoms with Crippen LogP contribution in [0.4, 0.5) is 11.4 Å². The van der Waals surface area contributed by atoms with E-state index in [4.69, 9.17) is 0 Å². The van der Waals surface area contributed by atoms with E-state index in [-0.39, 0.29) is 18.2 Å². The van der Waals surface area contributed by atoms with Crippen LogP contribution < -0.4 is 10.3 Å². The summed E-state index contributed by atoms with van der Waals surface area (Å²) in [5.41, 5.74) is 4.35. The third-order valence-electron chi connectivity index (χ3n) is 5.21. The van der Waals surface area contributed by atoms with Gasteiger partial charge in [-0.05, 0) is 42.8 Å². The third-order valence-corrected chi connectivity index (χ3v) is 5.21. The second kappa shape index (κ2) is 8.07. The maximum Gasteiger partial charge on any atom is 0.271 e. The molecule has 5 rings (SSSR count). The van der Waals surface area contributed by atoms with Crippen LogP contribution in [0.5, 0.6) is 0 Å². The summed E-state index contributed by atoms with van der Waals surface area (Å²) in [6, 6.07) is 16.8. The quantitative estimate of drug-likeness (QED) is 0.539. The normalized spacial score (nSPS) is 13.8. The summed E-state index contributed by atoms with van der Waals surface area (Å²) in [6.07, 6.45) is 6.04. The SMILES string of the molecule is Cc1cccc(N2N=C(C(=O)Nc3ccc(-c4cn5cccnc5n4)cc3)CCC2=O)c1. The van der Waals surface area contributed by atoms with E-state index in [9.17, 15) is 9.59 Å². The summed E-state index contributed by atoms with van der Waals surface area (Å²) >= 11 is 0. The van der Waals surface area contributed by atoms with Gasteiger partial charge in [0.2, 0.25) is 11.7 Å². The number of hydrogen-bond acceptors (Lipinski definition) is 5. The molecule has 1 N–H and O–H groups in total. The largest absolute Gasteiger partial charge is 0.321 e. The van der Waals surface area contributed by atoms with Gasteiger partial charge in [0.25, 0.3) is 5.91 Å². The number of hydrogen-bond donors (Lipinski definition) is 1. The van der Waals surface area contributed by atoms with Crippen molar-refractivity contribution >= 4 is 34.7 Å². The van der Waals surface area contributed by atoms with Crippen molar-refractivity contribution in [1.82, 2.24) is 14.4 Å². The smallest absolute Gasteiger partial charge is 0.271 e. The van der Waals surface area contributed by atoms with Crippen LogP contribution in [-0.2, 0) is 9.59 Å². The van der Waals surface area contributed by atoms with Gasteiger partial charge in [0.15, 0.2) is 0 Å². The van der Waals surface area contributed by atoms with Crippen LogP contribution in [0.3, 0.4) is 0 Å². The predicted octanol–water partition coefficient (Wildman–Crippen LogP) is 3.83. The maximum atomic E-state index is 12.8. The molecule has 0 atom stereocenters. The minimum absolute atomic E-state index is 0.126. The van der Waals surface area contributed by atoms with Gasteiger partial charge in [-0.2, -0.15) is 5.10 Å². The van der Waals surface area contributed by atoms with Gasteiger partial charge in [0.1, 0.15) is 5.71 Å². The fourth-order valence-corrected chi connectivity index (χ4v) is 3.57. The number of amides is 2. The van der Waals surface area contributed by atoms with Crippen LogP contribution in [0.15, 0.2) is 78.3 Å². The van der Waals surface area contributed by atoms with E-state index in [1.807, 2.05) is 78.3 Å². The summed E-state index contributed by atoms with van der Waals surface area (Å²) in [5, 5.41) is 8.51. The minimum atomic E-state index is -0.320. The molecule has 0 radical (unpaired) electrons. The first-order chi connectivity index (χ1) is 15.6. The van der Waals surface area contributed by atoms with Crippen molar-refractivity contribution in [2.75, 3.05) is 10.3 Å². The highest BCUT2D eigenvalue weighted by atomic mass is 16.2. The summed E-state index contributed by atoms with van der Waals surface area (Å²) in [5.74, 6) is 0.182. The molecule has 2 aromatic heterocycles. The van der Waals surface area contributed by atoms with E-state index < -0.39 is 0 Å². The second-order valence-electron chi connectivity index (χ2n) is 7.58. The Kier molecular flexibility index (Phi) is 4.95. The first-order valence-electron chi connectivity index (χ1n) is 10.3. The Bertz CT molecular complexity index is 1320. The molecule has 0 fully saturated rings. The van der Waals surface area contributed by atoms with Gasteiger partial charge in [-0.1, -0.05) is 24.3 Å². The number of anilines is 2. The Morgan fingerprint density at radius 3 is 2.69 bits per heavy atom. The Labute approximate surface area is 184 Å². The van der Waals surface area contributed by atoms with Crippen LogP contribution in [0.1, 0.15) is 18.4 Å². The lowest BCUT2D eigenvalue weighted by Gasteiger charge is -2.23. The van der Waals surface area contributed by atoms with Crippen molar-refractivity contribution in [3.63, 3.8) is 0 Å². The van der Waals surface area contributed by atoms with Crippen LogP contribution in [0, 0.1) is 6.92 Å². The van der Waals surface area contributed by atoms with E-state index in [0.717, 1.165) is 16.8 Å². The number of aromatic nitrogens is 3. The fraction of sp³-hybridized carbons (Fsp3) is 0.125. The molecule has 0 unspecified atom stereocenters. The molecule has 2 aromatic carbocycles. The number of carbonyl (C=O) groups excluding carboxylic acids is 2. The lowest BCUT2D eigenvalue weighted by molar-refractivity contribution is -0.118. The highest BCUT2D eigenvalue weighted by Gasteiger charge is 2.25. The number of nitrogens with zero attached hydrogens (tertiary/aromatic N) is 5. The summed E-state index contributed by atoms with van der Waals surface area (Å²) in [7, 11) is 0. The van der Waals surface area contributed by atoms with Crippen molar-refractivity contribution in [3.05, 3.63) is 78.8 Å². The fourth-order valence-electron chi connectivity index (χ4n) is 3.57. The molecule has 0 saturated carbocycles. The molecule has 4 aromatic rings. The van der Waals surface area contributed by atoms with Crippen LogP contribution >= 0.6 is 0 Å². The molecular weight excluding hydrogens is 404 g/mol. The highest BCUT2D eigenvalue weighted by molar-refractivity contribution is 6.44. The zero-order valence-electron chi connectivity index (χ0n) is 17.4. The number of imidazole rings is 1. The van der Waals surface area contributed by atoms with Crippen molar-refractivity contribution in [3.8, 4) is 11.3 Å². The average Bonchev–Trinajstić information content (AvgIpc) is 3.24. The number of aryl methyl sites for hydroxylation is 1. The Morgan fingerprint density at radius 2 is 1.91 bits per heavy atom. The highest BCUT2D eigenvalue weighted by Crippen LogP contribution is 2.23. The molecule has 8 heteroatoms. The van der Waals surface area contributed by atoms with Gasteiger partial charge in [-0.3, -0.25) is 14.0 Å². The Hall–Kier alpha value is -4.33. The van der Waals surface area contributed by atoms with E-state index in [1.165, 1.54) is 5.01 Å². The maximum absolute atomic E-state index is 12.8. The van der Waals surface area contributed by atoms with E-state index in [1.54, 1.807) is 6.20 Å². The summed E-state index contributed by atoms with van der Waals surface area (Å²) in [6.45, 7) is 1.95. The van der Waals surface area contributed by atoms with Crippen LogP contribution in [0.25, 0.3) is 17.0 Å². The van der Waals surface area contributed by atoms with Gasteiger partial charge in [-0.15, -0.1) is 0 Å². The monoisotopic (exact) mass is 424 g/mol. The van der Waals surface area contributed by atoms with E-state index >= 15 is 0 Å². The number of benzene rings is 2. The van der Waals surface area contributed by atoms with Crippen molar-refractivity contribution in [2.24, 2.45) is 5.10 Å². The summed E-state index contributed by atoms with van der Waals surface area (Å²) in [4.78, 5) is 33.9. The molecule has 3 heterocycles. The van der Waals surface area contributed by atoms with Gasteiger partial charge in [-0.25, -0.2) is 15.0 Å². The second-order valence-corrected chi connectivity index (χ2v) is 7.58. The van der Waals surface area contributed by atoms with Gasteiger partial charge >= 0.3 is 0 Å². The first-order valence-corrected chi connectivity index (χ1v) is 10.3. The molecule has 1 aliphatic rings. The third kappa shape index (κ3) is 3.85. The number of nitrogens with one attached hydrogen (secondary N) is 1. The van der Waals surface area contributed by atoms with E-state index in [0.29, 0.717) is 29.3 Å². The van der Waals surface area contributed by atoms with Gasteiger partial charge in [0, 0.05) is 42.7 Å². The lowest BCUT2D eigenvalue weighted by Crippen LogP contribution is -2.36. The molecule has 2 amide bonds. The number of fused-ring (bicyclic) bond motifs is 1. The van der Waals surface area contributed by atoms with Gasteiger partial charge in [0.05, 0.1) is 11.4 Å². The number of hydrazone groups is 1. The zero-order valence-corrected chi connectivity index (χ0v) is 17.4. The molecule has 8 nitrogen and oxygen atoms in total. The molecule has 1 aliphatic heterocycles. The van der Waals surface area contributed by atoms with Crippen LogP contribution in [0.2, 0.25) is 0 Å². The Morgan fingerprint density at radius 1 is 1.06 bits per heavy atom. The predicted molar refractivity (Wildman–Crippen MR) is 122 cm³/mol. The molecule has 0 aliphatic carbocycles. The molecule has 158 valence electrons. The molecule has 32 heavy (non-hydrogen) atoms. The zero-order chi connectivity index (χ0) is 22.1. The van der Waals surface area contributed by atoms with Crippen LogP contribution in [-0.4, -0.2) is 31.9 Å². The van der Waals surface area contributed by atoms with E-state index in [2.05, 4.69) is 20.4 Å². The minimum Gasteiger partial charge on any atom is -0.321 e. The standard InChI is InChI=1S/C24H20N6O2/c1-16-4-2-5-19(14-16)30-22(31)11-10-20(28-30)23(32)26-18-8-6-17(7-9-18)21-15-29-13-3-12-25-24(29)27-21/h2-9,12-15H,10-11H2,1H3,(H,26,32). The number of rotatable bonds is 4. The average molecular weight is 424 g/mol. The summed E-state index contributed by atoms with van der Waals surface area (Å²) < 4.78 is 1.85. The molecular formula is C24H20N6O2. The van der Waals surface area contributed by atoms with Crippen molar-refractivity contribution in [2.45, 2.75) is 19.8 Å². The Balaban J connectivity index is 1.33.